The quantitative estimate of drug-likeness (QED) is 0.333. The number of H-pyrrole nitrogens is 1. The summed E-state index contributed by atoms with van der Waals surface area (Å²) in [5.41, 5.74) is 1.22. The summed E-state index contributed by atoms with van der Waals surface area (Å²) in [5, 5.41) is 20.2. The summed E-state index contributed by atoms with van der Waals surface area (Å²) in [7, 11) is 0. The molecule has 0 radical (unpaired) electrons. The molecule has 26 heavy (non-hydrogen) atoms. The number of nitrogens with zero attached hydrogens (tertiary/aromatic N) is 2. The van der Waals surface area contributed by atoms with Gasteiger partial charge in [0.25, 0.3) is 11.6 Å². The first-order chi connectivity index (χ1) is 12.4. The monoisotopic (exact) mass is 464 g/mol. The number of rotatable bonds is 5. The molecule has 0 spiro atoms. The van der Waals surface area contributed by atoms with Crippen LogP contribution in [0, 0.1) is 20.6 Å². The van der Waals surface area contributed by atoms with E-state index in [9.17, 15) is 14.9 Å². The van der Waals surface area contributed by atoms with Gasteiger partial charge in [0, 0.05) is 12.1 Å². The number of anilines is 1. The second-order valence-electron chi connectivity index (χ2n) is 5.39. The van der Waals surface area contributed by atoms with Crippen molar-refractivity contribution in [2.45, 2.75) is 6.92 Å². The molecule has 3 aromatic rings. The molecule has 0 aliphatic rings. The van der Waals surface area contributed by atoms with Crippen LogP contribution in [0.4, 0.5) is 11.4 Å². The summed E-state index contributed by atoms with van der Waals surface area (Å²) < 4.78 is 6.40. The van der Waals surface area contributed by atoms with E-state index in [4.69, 9.17) is 4.74 Å². The summed E-state index contributed by atoms with van der Waals surface area (Å²) in [6, 6.07) is 11.4. The van der Waals surface area contributed by atoms with Gasteiger partial charge in [0.05, 0.1) is 26.4 Å². The number of para-hydroxylation sites is 1. The number of aromatic amines is 1. The Morgan fingerprint density at radius 2 is 2.08 bits per heavy atom. The molecule has 132 valence electrons. The van der Waals surface area contributed by atoms with E-state index < -0.39 is 10.8 Å². The molecule has 0 aliphatic carbocycles. The summed E-state index contributed by atoms with van der Waals surface area (Å²) in [6.45, 7) is 1.87. The van der Waals surface area contributed by atoms with Gasteiger partial charge in [-0.05, 0) is 41.1 Å². The van der Waals surface area contributed by atoms with Crippen molar-refractivity contribution in [3.8, 4) is 11.5 Å². The van der Waals surface area contributed by atoms with E-state index in [-0.39, 0.29) is 22.8 Å². The van der Waals surface area contributed by atoms with Crippen LogP contribution in [-0.2, 0) is 0 Å². The van der Waals surface area contributed by atoms with E-state index in [0.717, 1.165) is 5.56 Å². The number of benzene rings is 2. The highest BCUT2D eigenvalue weighted by Crippen LogP contribution is 2.31. The Kier molecular flexibility index (Phi) is 5.16. The van der Waals surface area contributed by atoms with Crippen molar-refractivity contribution in [1.82, 2.24) is 10.2 Å². The Balaban J connectivity index is 1.91. The van der Waals surface area contributed by atoms with E-state index in [0.29, 0.717) is 9.32 Å². The van der Waals surface area contributed by atoms with Crippen molar-refractivity contribution >= 4 is 39.9 Å². The zero-order valence-electron chi connectivity index (χ0n) is 13.5. The molecule has 2 aromatic carbocycles. The van der Waals surface area contributed by atoms with E-state index in [1.165, 1.54) is 24.4 Å². The maximum absolute atomic E-state index is 12.3. The van der Waals surface area contributed by atoms with Gasteiger partial charge in [-0.2, -0.15) is 5.10 Å². The highest BCUT2D eigenvalue weighted by atomic mass is 127. The van der Waals surface area contributed by atoms with Gasteiger partial charge in [-0.15, -0.1) is 0 Å². The summed E-state index contributed by atoms with van der Waals surface area (Å²) in [5.74, 6) is 0.380. The van der Waals surface area contributed by atoms with Crippen molar-refractivity contribution < 1.29 is 14.5 Å². The molecule has 2 N–H and O–H groups in total. The van der Waals surface area contributed by atoms with Gasteiger partial charge in [0.1, 0.15) is 17.2 Å². The average molecular weight is 464 g/mol. The molecule has 0 bridgehead atoms. The molecule has 0 fully saturated rings. The number of aromatic nitrogens is 2. The zero-order chi connectivity index (χ0) is 18.7. The number of hydrogen-bond donors (Lipinski definition) is 2. The molecule has 1 amide bonds. The average Bonchev–Trinajstić information content (AvgIpc) is 3.03. The standard InChI is InChI=1S/C17H13IN4O4/c1-10-4-2-3-5-15(10)26-13-7-11(6-12(8-13)22(24)25)20-17(23)16-14(18)9-19-21-16/h2-9H,1H3,(H,19,21)(H,20,23). The molecule has 0 unspecified atom stereocenters. The van der Waals surface area contributed by atoms with Crippen molar-refractivity contribution in [1.29, 1.82) is 0 Å². The lowest BCUT2D eigenvalue weighted by Gasteiger charge is -2.10. The Hall–Kier alpha value is -2.95. The van der Waals surface area contributed by atoms with Gasteiger partial charge in [-0.25, -0.2) is 0 Å². The third kappa shape index (κ3) is 3.99. The maximum atomic E-state index is 12.3. The fraction of sp³-hybridized carbons (Fsp3) is 0.0588. The van der Waals surface area contributed by atoms with Gasteiger partial charge < -0.3 is 10.1 Å². The predicted molar refractivity (Wildman–Crippen MR) is 104 cm³/mol. The van der Waals surface area contributed by atoms with Gasteiger partial charge >= 0.3 is 0 Å². The van der Waals surface area contributed by atoms with Crippen LogP contribution < -0.4 is 10.1 Å². The van der Waals surface area contributed by atoms with Crippen LogP contribution in [0.1, 0.15) is 16.1 Å². The third-order valence-corrected chi connectivity index (χ3v) is 4.32. The van der Waals surface area contributed by atoms with Crippen molar-refractivity contribution in [2.75, 3.05) is 5.32 Å². The lowest BCUT2D eigenvalue weighted by Crippen LogP contribution is -2.14. The molecule has 1 aromatic heterocycles. The number of halogens is 1. The molecular formula is C17H13IN4O4. The number of nitro benzene ring substituents is 1. The van der Waals surface area contributed by atoms with Crippen LogP contribution in [0.2, 0.25) is 0 Å². The topological polar surface area (TPSA) is 110 Å². The van der Waals surface area contributed by atoms with Crippen molar-refractivity contribution in [2.24, 2.45) is 0 Å². The lowest BCUT2D eigenvalue weighted by atomic mass is 10.2. The fourth-order valence-electron chi connectivity index (χ4n) is 2.24. The molecule has 3 rings (SSSR count). The Bertz CT molecular complexity index is 986. The Morgan fingerprint density at radius 3 is 2.73 bits per heavy atom. The Morgan fingerprint density at radius 1 is 1.31 bits per heavy atom. The van der Waals surface area contributed by atoms with Crippen LogP contribution in [0.25, 0.3) is 0 Å². The number of non-ortho nitro benzene ring substituents is 1. The highest BCUT2D eigenvalue weighted by Gasteiger charge is 2.16. The van der Waals surface area contributed by atoms with Crippen LogP contribution in [0.3, 0.4) is 0 Å². The van der Waals surface area contributed by atoms with Crippen LogP contribution in [0.15, 0.2) is 48.7 Å². The minimum Gasteiger partial charge on any atom is -0.457 e. The van der Waals surface area contributed by atoms with Gasteiger partial charge in [-0.3, -0.25) is 20.0 Å². The zero-order valence-corrected chi connectivity index (χ0v) is 15.7. The van der Waals surface area contributed by atoms with Crippen molar-refractivity contribution in [3.05, 3.63) is 73.6 Å². The molecule has 0 saturated heterocycles. The number of amides is 1. The van der Waals surface area contributed by atoms with E-state index in [2.05, 4.69) is 15.5 Å². The number of nitrogens with one attached hydrogen (secondary N) is 2. The number of carbonyl (C=O) groups excluding carboxylic acids is 1. The van der Waals surface area contributed by atoms with E-state index >= 15 is 0 Å². The second-order valence-corrected chi connectivity index (χ2v) is 6.55. The number of ether oxygens (including phenoxy) is 1. The van der Waals surface area contributed by atoms with Crippen LogP contribution in [0.5, 0.6) is 11.5 Å². The Labute approximate surface area is 161 Å². The largest absolute Gasteiger partial charge is 0.457 e. The smallest absolute Gasteiger partial charge is 0.275 e. The van der Waals surface area contributed by atoms with E-state index in [1.54, 1.807) is 6.07 Å². The molecule has 9 heteroatoms. The SMILES string of the molecule is Cc1ccccc1Oc1cc(NC(=O)c2[nH]ncc2I)cc([N+](=O)[O-])c1. The first-order valence-electron chi connectivity index (χ1n) is 7.47. The van der Waals surface area contributed by atoms with Crippen LogP contribution >= 0.6 is 22.6 Å². The molecule has 0 aliphatic heterocycles. The molecule has 0 saturated carbocycles. The first kappa shape index (κ1) is 17.9. The lowest BCUT2D eigenvalue weighted by molar-refractivity contribution is -0.384. The number of aryl methyl sites for hydroxylation is 1. The normalized spacial score (nSPS) is 10.4. The van der Waals surface area contributed by atoms with Crippen LogP contribution in [-0.4, -0.2) is 21.0 Å². The first-order valence-corrected chi connectivity index (χ1v) is 8.55. The van der Waals surface area contributed by atoms with E-state index in [1.807, 2.05) is 47.7 Å². The minimum atomic E-state index is -0.541. The van der Waals surface area contributed by atoms with Gasteiger partial charge in [0.2, 0.25) is 0 Å². The highest BCUT2D eigenvalue weighted by molar-refractivity contribution is 14.1. The maximum Gasteiger partial charge on any atom is 0.275 e. The minimum absolute atomic E-state index is 0.189. The van der Waals surface area contributed by atoms with Gasteiger partial charge in [0.15, 0.2) is 0 Å². The fourth-order valence-corrected chi connectivity index (χ4v) is 2.75. The number of hydrogen-bond acceptors (Lipinski definition) is 5. The molecule has 8 nitrogen and oxygen atoms in total. The summed E-state index contributed by atoms with van der Waals surface area (Å²) >= 11 is 1.97. The number of nitro groups is 1. The predicted octanol–water partition coefficient (Wildman–Crippen LogP) is 4.28. The molecule has 0 atom stereocenters. The third-order valence-electron chi connectivity index (χ3n) is 3.50. The summed E-state index contributed by atoms with van der Waals surface area (Å²) in [4.78, 5) is 23.0. The molecular weight excluding hydrogens is 451 g/mol. The second kappa shape index (κ2) is 7.52. The summed E-state index contributed by atoms with van der Waals surface area (Å²) in [6.07, 6.45) is 1.51. The van der Waals surface area contributed by atoms with Gasteiger partial charge in [-0.1, -0.05) is 18.2 Å². The molecule has 1 heterocycles. The number of carbonyl (C=O) groups is 1. The van der Waals surface area contributed by atoms with Crippen molar-refractivity contribution in [3.63, 3.8) is 0 Å².